The summed E-state index contributed by atoms with van der Waals surface area (Å²) >= 11 is 0. The molecule has 7 nitrogen and oxygen atoms in total. The molecule has 0 aliphatic carbocycles. The van der Waals surface area contributed by atoms with Gasteiger partial charge in [-0.2, -0.15) is 5.26 Å². The third kappa shape index (κ3) is 3.93. The van der Waals surface area contributed by atoms with Gasteiger partial charge in [0.25, 0.3) is 0 Å². The number of carbonyl (C=O) groups is 2. The third-order valence-corrected chi connectivity index (χ3v) is 3.10. The van der Waals surface area contributed by atoms with Gasteiger partial charge in [-0.05, 0) is 19.4 Å². The summed E-state index contributed by atoms with van der Waals surface area (Å²) in [4.78, 5) is 23.7. The summed E-state index contributed by atoms with van der Waals surface area (Å²) in [5.41, 5.74) is 0.719. The van der Waals surface area contributed by atoms with Crippen LogP contribution in [0.3, 0.4) is 0 Å². The summed E-state index contributed by atoms with van der Waals surface area (Å²) in [5.74, 6) is -0.638. The maximum atomic E-state index is 11.9. The quantitative estimate of drug-likeness (QED) is 0.844. The number of nitrogens with zero attached hydrogens (tertiary/aromatic N) is 1. The lowest BCUT2D eigenvalue weighted by molar-refractivity contribution is 0.0524. The standard InChI is InChI=1S/C17H16N2O5/c1-3-22-16(20)14-11(2)24-15(13(14)9-18)19-17(21)23-10-12-7-5-4-6-8-12/h4-8H,3,10H2,1-2H3,(H,19,21). The molecule has 2 rings (SSSR count). The van der Waals surface area contributed by atoms with Gasteiger partial charge in [-0.3, -0.25) is 5.32 Å². The van der Waals surface area contributed by atoms with Gasteiger partial charge in [0.15, 0.2) is 0 Å². The predicted octanol–water partition coefficient (Wildman–Crippen LogP) is 3.39. The molecule has 7 heteroatoms. The van der Waals surface area contributed by atoms with Gasteiger partial charge in [0.1, 0.15) is 29.6 Å². The van der Waals surface area contributed by atoms with Crippen molar-refractivity contribution in [2.75, 3.05) is 11.9 Å². The monoisotopic (exact) mass is 328 g/mol. The van der Waals surface area contributed by atoms with Gasteiger partial charge in [0.2, 0.25) is 5.88 Å². The van der Waals surface area contributed by atoms with Crippen LogP contribution in [0, 0.1) is 18.3 Å². The lowest BCUT2D eigenvalue weighted by Crippen LogP contribution is -2.14. The minimum atomic E-state index is -0.792. The number of amides is 1. The van der Waals surface area contributed by atoms with Crippen molar-refractivity contribution in [1.29, 1.82) is 5.26 Å². The van der Waals surface area contributed by atoms with E-state index in [4.69, 9.17) is 13.9 Å². The SMILES string of the molecule is CCOC(=O)c1c(C)oc(NC(=O)OCc2ccccc2)c1C#N. The second-order valence-corrected chi connectivity index (χ2v) is 4.76. The van der Waals surface area contributed by atoms with E-state index in [0.29, 0.717) is 0 Å². The van der Waals surface area contributed by atoms with E-state index < -0.39 is 12.1 Å². The van der Waals surface area contributed by atoms with Crippen molar-refractivity contribution in [3.05, 3.63) is 52.8 Å². The number of hydrogen-bond acceptors (Lipinski definition) is 6. The van der Waals surface area contributed by atoms with E-state index in [9.17, 15) is 14.9 Å². The van der Waals surface area contributed by atoms with Crippen LogP contribution in [0.25, 0.3) is 0 Å². The van der Waals surface area contributed by atoms with Crippen molar-refractivity contribution in [2.24, 2.45) is 0 Å². The fourth-order valence-corrected chi connectivity index (χ4v) is 2.04. The number of nitriles is 1. The van der Waals surface area contributed by atoms with E-state index in [1.807, 2.05) is 36.4 Å². The molecular weight excluding hydrogens is 312 g/mol. The van der Waals surface area contributed by atoms with Crippen molar-refractivity contribution in [3.8, 4) is 6.07 Å². The number of carbonyl (C=O) groups excluding carboxylic acids is 2. The van der Waals surface area contributed by atoms with Gasteiger partial charge in [-0.25, -0.2) is 9.59 Å². The molecule has 24 heavy (non-hydrogen) atoms. The summed E-state index contributed by atoms with van der Waals surface area (Å²) in [7, 11) is 0. The number of aryl methyl sites for hydroxylation is 1. The van der Waals surface area contributed by atoms with E-state index >= 15 is 0 Å². The summed E-state index contributed by atoms with van der Waals surface area (Å²) < 4.78 is 15.2. The molecular formula is C17H16N2O5. The first-order chi connectivity index (χ1) is 11.6. The van der Waals surface area contributed by atoms with Gasteiger partial charge in [-0.15, -0.1) is 0 Å². The zero-order valence-corrected chi connectivity index (χ0v) is 13.3. The van der Waals surface area contributed by atoms with Gasteiger partial charge in [0, 0.05) is 0 Å². The molecule has 0 spiro atoms. The Balaban J connectivity index is 2.09. The van der Waals surface area contributed by atoms with Crippen molar-refractivity contribution in [1.82, 2.24) is 0 Å². The highest BCUT2D eigenvalue weighted by Crippen LogP contribution is 2.27. The van der Waals surface area contributed by atoms with E-state index in [2.05, 4.69) is 5.32 Å². The molecule has 1 N–H and O–H groups in total. The molecule has 1 aromatic heterocycles. The predicted molar refractivity (Wildman–Crippen MR) is 84.4 cm³/mol. The molecule has 1 aromatic carbocycles. The molecule has 0 fully saturated rings. The first-order valence-electron chi connectivity index (χ1n) is 7.25. The third-order valence-electron chi connectivity index (χ3n) is 3.10. The maximum Gasteiger partial charge on any atom is 0.414 e. The largest absolute Gasteiger partial charge is 0.462 e. The van der Waals surface area contributed by atoms with Crippen LogP contribution >= 0.6 is 0 Å². The van der Waals surface area contributed by atoms with Gasteiger partial charge in [0.05, 0.1) is 6.61 Å². The van der Waals surface area contributed by atoms with Crippen LogP contribution in [-0.2, 0) is 16.1 Å². The second kappa shape index (κ2) is 7.83. The number of ether oxygens (including phenoxy) is 2. The van der Waals surface area contributed by atoms with E-state index in [1.165, 1.54) is 6.92 Å². The highest BCUT2D eigenvalue weighted by molar-refractivity contribution is 5.97. The molecule has 0 saturated heterocycles. The normalized spacial score (nSPS) is 9.88. The van der Waals surface area contributed by atoms with Crippen molar-refractivity contribution < 1.29 is 23.5 Å². The number of esters is 1. The molecule has 0 saturated carbocycles. The Kier molecular flexibility index (Phi) is 5.58. The van der Waals surface area contributed by atoms with Crippen LogP contribution in [0.5, 0.6) is 0 Å². The van der Waals surface area contributed by atoms with Crippen LogP contribution in [0.15, 0.2) is 34.7 Å². The molecule has 1 heterocycles. The zero-order chi connectivity index (χ0) is 17.5. The van der Waals surface area contributed by atoms with E-state index in [0.717, 1.165) is 5.56 Å². The summed E-state index contributed by atoms with van der Waals surface area (Å²) in [6.45, 7) is 3.39. The number of hydrogen-bond donors (Lipinski definition) is 1. The smallest absolute Gasteiger partial charge is 0.414 e. The highest BCUT2D eigenvalue weighted by atomic mass is 16.6. The molecule has 1 amide bonds. The Hall–Kier alpha value is -3.27. The summed E-state index contributed by atoms with van der Waals surface area (Å²) in [6, 6.07) is 11.0. The molecule has 0 radical (unpaired) electrons. The number of furan rings is 1. The van der Waals surface area contributed by atoms with Crippen molar-refractivity contribution in [3.63, 3.8) is 0 Å². The molecule has 0 bridgehead atoms. The second-order valence-electron chi connectivity index (χ2n) is 4.76. The first-order valence-corrected chi connectivity index (χ1v) is 7.25. The average Bonchev–Trinajstić information content (AvgIpc) is 2.89. The molecule has 0 aliphatic heterocycles. The lowest BCUT2D eigenvalue weighted by Gasteiger charge is -2.05. The highest BCUT2D eigenvalue weighted by Gasteiger charge is 2.26. The fourth-order valence-electron chi connectivity index (χ4n) is 2.04. The molecule has 0 unspecified atom stereocenters. The summed E-state index contributed by atoms with van der Waals surface area (Å²) in [6.07, 6.45) is -0.792. The zero-order valence-electron chi connectivity index (χ0n) is 13.3. The van der Waals surface area contributed by atoms with Crippen LogP contribution in [-0.4, -0.2) is 18.7 Å². The van der Waals surface area contributed by atoms with Gasteiger partial charge >= 0.3 is 12.1 Å². The van der Waals surface area contributed by atoms with E-state index in [1.54, 1.807) is 6.92 Å². The Morgan fingerprint density at radius 2 is 1.96 bits per heavy atom. The number of anilines is 1. The van der Waals surface area contributed by atoms with Crippen LogP contribution < -0.4 is 5.32 Å². The topological polar surface area (TPSA) is 102 Å². The number of benzene rings is 1. The van der Waals surface area contributed by atoms with Crippen LogP contribution in [0.1, 0.15) is 34.2 Å². The van der Waals surface area contributed by atoms with Crippen LogP contribution in [0.2, 0.25) is 0 Å². The Labute approximate surface area is 138 Å². The first kappa shape index (κ1) is 17.1. The Bertz CT molecular complexity index is 774. The minimum Gasteiger partial charge on any atom is -0.462 e. The molecule has 124 valence electrons. The maximum absolute atomic E-state index is 11.9. The van der Waals surface area contributed by atoms with Crippen molar-refractivity contribution >= 4 is 17.9 Å². The summed E-state index contributed by atoms with van der Waals surface area (Å²) in [5, 5.41) is 11.6. The van der Waals surface area contributed by atoms with Gasteiger partial charge in [-0.1, -0.05) is 30.3 Å². The van der Waals surface area contributed by atoms with Gasteiger partial charge < -0.3 is 13.9 Å². The van der Waals surface area contributed by atoms with E-state index in [-0.39, 0.29) is 36.0 Å². The van der Waals surface area contributed by atoms with Crippen LogP contribution in [0.4, 0.5) is 10.7 Å². The van der Waals surface area contributed by atoms with Crippen molar-refractivity contribution in [2.45, 2.75) is 20.5 Å². The Morgan fingerprint density at radius 3 is 2.58 bits per heavy atom. The Morgan fingerprint density at radius 1 is 1.25 bits per heavy atom. The molecule has 0 atom stereocenters. The number of rotatable bonds is 5. The molecule has 2 aromatic rings. The average molecular weight is 328 g/mol. The fraction of sp³-hybridized carbons (Fsp3) is 0.235. The minimum absolute atomic E-state index is 0.00212. The molecule has 0 aliphatic rings. The number of nitrogens with one attached hydrogen (secondary N) is 1. The lowest BCUT2D eigenvalue weighted by atomic mass is 10.1.